The quantitative estimate of drug-likeness (QED) is 0.806. The molecule has 0 unspecified atom stereocenters. The van der Waals surface area contributed by atoms with Crippen molar-refractivity contribution in [1.29, 1.82) is 0 Å². The van der Waals surface area contributed by atoms with Gasteiger partial charge in [-0.1, -0.05) is 6.07 Å². The maximum atomic E-state index is 12.8. The van der Waals surface area contributed by atoms with Gasteiger partial charge in [-0.3, -0.25) is 9.78 Å². The van der Waals surface area contributed by atoms with E-state index in [0.29, 0.717) is 32.0 Å². The van der Waals surface area contributed by atoms with Gasteiger partial charge in [0, 0.05) is 52.1 Å². The average Bonchev–Trinajstić information content (AvgIpc) is 2.92. The SMILES string of the molecule is CN1CC2(CCOCC2)N(C2CCN(C(=O)c3ccccn3)CC2)C1=O. The van der Waals surface area contributed by atoms with Crippen LogP contribution in [-0.4, -0.2) is 83.1 Å². The number of nitrogens with zero attached hydrogens (tertiary/aromatic N) is 4. The number of likely N-dealkylation sites (N-methyl/N-ethyl adjacent to an activating group) is 1. The van der Waals surface area contributed by atoms with Crippen LogP contribution in [0.5, 0.6) is 0 Å². The highest BCUT2D eigenvalue weighted by Crippen LogP contribution is 2.38. The number of hydrogen-bond acceptors (Lipinski definition) is 4. The molecule has 0 N–H and O–H groups in total. The van der Waals surface area contributed by atoms with Crippen molar-refractivity contribution < 1.29 is 14.3 Å². The smallest absolute Gasteiger partial charge is 0.320 e. The lowest BCUT2D eigenvalue weighted by Gasteiger charge is -2.46. The summed E-state index contributed by atoms with van der Waals surface area (Å²) in [6.07, 6.45) is 5.08. The zero-order chi connectivity index (χ0) is 18.1. The zero-order valence-corrected chi connectivity index (χ0v) is 15.3. The minimum absolute atomic E-state index is 0.0188. The Bertz CT molecular complexity index is 667. The number of pyridine rings is 1. The maximum absolute atomic E-state index is 12.8. The molecule has 1 aromatic rings. The van der Waals surface area contributed by atoms with E-state index in [1.54, 1.807) is 12.3 Å². The molecule has 26 heavy (non-hydrogen) atoms. The van der Waals surface area contributed by atoms with Gasteiger partial charge in [-0.15, -0.1) is 0 Å². The predicted molar refractivity (Wildman–Crippen MR) is 95.8 cm³/mol. The molecule has 7 heteroatoms. The molecule has 0 radical (unpaired) electrons. The molecule has 140 valence electrons. The summed E-state index contributed by atoms with van der Waals surface area (Å²) in [5, 5.41) is 0. The fraction of sp³-hybridized carbons (Fsp3) is 0.632. The highest BCUT2D eigenvalue weighted by Gasteiger charge is 2.52. The van der Waals surface area contributed by atoms with Crippen LogP contribution >= 0.6 is 0 Å². The Kier molecular flexibility index (Phi) is 4.56. The zero-order valence-electron chi connectivity index (χ0n) is 15.3. The molecule has 0 bridgehead atoms. The monoisotopic (exact) mass is 358 g/mol. The fourth-order valence-electron chi connectivity index (χ4n) is 4.64. The first-order chi connectivity index (χ1) is 12.6. The van der Waals surface area contributed by atoms with Crippen molar-refractivity contribution in [3.05, 3.63) is 30.1 Å². The Morgan fingerprint density at radius 1 is 1.23 bits per heavy atom. The second-order valence-corrected chi connectivity index (χ2v) is 7.58. The summed E-state index contributed by atoms with van der Waals surface area (Å²) in [6.45, 7) is 3.55. The van der Waals surface area contributed by atoms with Crippen molar-refractivity contribution in [1.82, 2.24) is 19.7 Å². The molecule has 1 spiro atoms. The molecule has 3 fully saturated rings. The summed E-state index contributed by atoms with van der Waals surface area (Å²) < 4.78 is 5.54. The Morgan fingerprint density at radius 2 is 1.96 bits per heavy atom. The van der Waals surface area contributed by atoms with E-state index in [4.69, 9.17) is 4.74 Å². The average molecular weight is 358 g/mol. The van der Waals surface area contributed by atoms with Crippen molar-refractivity contribution in [2.24, 2.45) is 0 Å². The number of rotatable bonds is 2. The standard InChI is InChI=1S/C19H26N4O3/c1-21-14-19(7-12-26-13-8-19)23(18(21)25)15-5-10-22(11-6-15)17(24)16-4-2-3-9-20-16/h2-4,9,15H,5-8,10-14H2,1H3. The van der Waals surface area contributed by atoms with Crippen LogP contribution in [0.4, 0.5) is 4.79 Å². The van der Waals surface area contributed by atoms with Gasteiger partial charge >= 0.3 is 6.03 Å². The maximum Gasteiger partial charge on any atom is 0.320 e. The van der Waals surface area contributed by atoms with Crippen LogP contribution in [0.3, 0.4) is 0 Å². The lowest BCUT2D eigenvalue weighted by molar-refractivity contribution is -0.0151. The minimum atomic E-state index is -0.0953. The van der Waals surface area contributed by atoms with Crippen molar-refractivity contribution in [2.75, 3.05) is 39.9 Å². The molecule has 0 saturated carbocycles. The molecule has 0 aromatic carbocycles. The summed E-state index contributed by atoms with van der Waals surface area (Å²) >= 11 is 0. The van der Waals surface area contributed by atoms with Gasteiger partial charge in [0.25, 0.3) is 5.91 Å². The van der Waals surface area contributed by atoms with Gasteiger partial charge in [0.1, 0.15) is 5.69 Å². The van der Waals surface area contributed by atoms with Gasteiger partial charge in [0.2, 0.25) is 0 Å². The third-order valence-electron chi connectivity index (χ3n) is 6.00. The van der Waals surface area contributed by atoms with Crippen LogP contribution in [0.25, 0.3) is 0 Å². The molecule has 0 aliphatic carbocycles. The second kappa shape index (κ2) is 6.87. The Morgan fingerprint density at radius 3 is 2.62 bits per heavy atom. The normalized spacial score (nSPS) is 23.7. The van der Waals surface area contributed by atoms with Crippen molar-refractivity contribution in [3.63, 3.8) is 0 Å². The number of likely N-dealkylation sites (tertiary alicyclic amines) is 1. The van der Waals surface area contributed by atoms with Crippen LogP contribution in [0.2, 0.25) is 0 Å². The molecular weight excluding hydrogens is 332 g/mol. The molecular formula is C19H26N4O3. The first-order valence-corrected chi connectivity index (χ1v) is 9.43. The number of hydrogen-bond donors (Lipinski definition) is 0. The summed E-state index contributed by atoms with van der Waals surface area (Å²) in [7, 11) is 1.89. The van der Waals surface area contributed by atoms with E-state index in [1.165, 1.54) is 0 Å². The molecule has 3 saturated heterocycles. The van der Waals surface area contributed by atoms with Gasteiger partial charge in [0.05, 0.1) is 5.54 Å². The van der Waals surface area contributed by atoms with E-state index in [2.05, 4.69) is 9.88 Å². The van der Waals surface area contributed by atoms with Gasteiger partial charge < -0.3 is 19.4 Å². The van der Waals surface area contributed by atoms with E-state index >= 15 is 0 Å². The number of piperidine rings is 1. The van der Waals surface area contributed by atoms with E-state index in [-0.39, 0.29) is 23.5 Å². The van der Waals surface area contributed by atoms with Gasteiger partial charge in [-0.05, 0) is 37.8 Å². The third-order valence-corrected chi connectivity index (χ3v) is 6.00. The second-order valence-electron chi connectivity index (χ2n) is 7.58. The first-order valence-electron chi connectivity index (χ1n) is 9.43. The van der Waals surface area contributed by atoms with Crippen molar-refractivity contribution in [2.45, 2.75) is 37.3 Å². The first kappa shape index (κ1) is 17.3. The summed E-state index contributed by atoms with van der Waals surface area (Å²) in [4.78, 5) is 35.4. The largest absolute Gasteiger partial charge is 0.381 e. The predicted octanol–water partition coefficient (Wildman–Crippen LogP) is 1.60. The molecule has 7 nitrogen and oxygen atoms in total. The number of amides is 3. The number of carbonyl (C=O) groups excluding carboxylic acids is 2. The number of ether oxygens (including phenoxy) is 1. The molecule has 3 amide bonds. The van der Waals surface area contributed by atoms with Crippen molar-refractivity contribution in [3.8, 4) is 0 Å². The number of aromatic nitrogens is 1. The fourth-order valence-corrected chi connectivity index (χ4v) is 4.64. The molecule has 1 aromatic heterocycles. The van der Waals surface area contributed by atoms with E-state index in [9.17, 15) is 9.59 Å². The summed E-state index contributed by atoms with van der Waals surface area (Å²) in [6, 6.07) is 5.72. The van der Waals surface area contributed by atoms with Crippen LogP contribution in [-0.2, 0) is 4.74 Å². The highest BCUT2D eigenvalue weighted by molar-refractivity contribution is 5.92. The number of urea groups is 1. The molecule has 4 rings (SSSR count). The van der Waals surface area contributed by atoms with E-state index in [0.717, 1.165) is 32.2 Å². The van der Waals surface area contributed by atoms with Crippen LogP contribution in [0.15, 0.2) is 24.4 Å². The Hall–Kier alpha value is -2.15. The third kappa shape index (κ3) is 2.94. The van der Waals surface area contributed by atoms with E-state index < -0.39 is 0 Å². The lowest BCUT2D eigenvalue weighted by Crippen LogP contribution is -2.57. The summed E-state index contributed by atoms with van der Waals surface area (Å²) in [5.74, 6) is -0.0188. The number of carbonyl (C=O) groups is 2. The van der Waals surface area contributed by atoms with Crippen LogP contribution in [0, 0.1) is 0 Å². The van der Waals surface area contributed by atoms with Crippen LogP contribution in [0.1, 0.15) is 36.2 Å². The Balaban J connectivity index is 1.45. The topological polar surface area (TPSA) is 66.0 Å². The molecule has 3 aliphatic heterocycles. The summed E-state index contributed by atoms with van der Waals surface area (Å²) in [5.41, 5.74) is 0.394. The molecule has 4 heterocycles. The van der Waals surface area contributed by atoms with Gasteiger partial charge in [-0.25, -0.2) is 4.79 Å². The lowest BCUT2D eigenvalue weighted by atomic mass is 9.86. The van der Waals surface area contributed by atoms with Crippen LogP contribution < -0.4 is 0 Å². The van der Waals surface area contributed by atoms with E-state index in [1.807, 2.05) is 29.0 Å². The highest BCUT2D eigenvalue weighted by atomic mass is 16.5. The van der Waals surface area contributed by atoms with Gasteiger partial charge in [0.15, 0.2) is 0 Å². The minimum Gasteiger partial charge on any atom is -0.381 e. The van der Waals surface area contributed by atoms with Crippen molar-refractivity contribution >= 4 is 11.9 Å². The molecule has 3 aliphatic rings. The Labute approximate surface area is 153 Å². The van der Waals surface area contributed by atoms with Gasteiger partial charge in [-0.2, -0.15) is 0 Å². The molecule has 0 atom stereocenters.